The Kier molecular flexibility index (Phi) is 4.78. The second-order valence-electron chi connectivity index (χ2n) is 3.28. The van der Waals surface area contributed by atoms with Gasteiger partial charge in [-0.3, -0.25) is 0 Å². The number of nitrogens with two attached hydrogens (primary N) is 1. The average Bonchev–Trinajstić information content (AvgIpc) is 2.69. The lowest BCUT2D eigenvalue weighted by atomic mass is 10.2. The predicted octanol–water partition coefficient (Wildman–Crippen LogP) is 0.266. The highest BCUT2D eigenvalue weighted by molar-refractivity contribution is 7.80. The molecule has 0 amide bonds. The lowest BCUT2D eigenvalue weighted by Crippen LogP contribution is -2.17. The lowest BCUT2D eigenvalue weighted by Gasteiger charge is -2.12. The lowest BCUT2D eigenvalue weighted by molar-refractivity contribution is 0.108. The molecule has 1 heterocycles. The van der Waals surface area contributed by atoms with E-state index in [9.17, 15) is 0 Å². The molecule has 0 saturated heterocycles. The van der Waals surface area contributed by atoms with Crippen LogP contribution in [0.3, 0.4) is 0 Å². The molecule has 1 aromatic rings. The van der Waals surface area contributed by atoms with Crippen LogP contribution in [0.25, 0.3) is 0 Å². The van der Waals surface area contributed by atoms with Gasteiger partial charge in [0.15, 0.2) is 0 Å². The van der Waals surface area contributed by atoms with Gasteiger partial charge in [-0.05, 0) is 6.92 Å². The van der Waals surface area contributed by atoms with E-state index in [-0.39, 0.29) is 11.1 Å². The van der Waals surface area contributed by atoms with Gasteiger partial charge in [0.25, 0.3) is 0 Å². The summed E-state index contributed by atoms with van der Waals surface area (Å²) in [5, 5.41) is 7.93. The third-order valence-electron chi connectivity index (χ3n) is 2.25. The summed E-state index contributed by atoms with van der Waals surface area (Å²) >= 11 is 4.92. The van der Waals surface area contributed by atoms with Crippen LogP contribution in [-0.2, 0) is 16.0 Å². The highest BCUT2D eigenvalue weighted by Crippen LogP contribution is 2.18. The normalized spacial score (nSPS) is 12.7. The number of hydrogen-bond acceptors (Lipinski definition) is 5. The standard InChI is InChI=1S/C9H16N4O2S/c1-6(15-3)8-7(9(10)16)11-12-13(8)4-5-14-2/h6H,4-5H2,1-3H3,(H2,10,16). The minimum Gasteiger partial charge on any atom is -0.388 e. The Hall–Kier alpha value is -1.05. The Morgan fingerprint density at radius 3 is 2.75 bits per heavy atom. The van der Waals surface area contributed by atoms with Gasteiger partial charge in [0.2, 0.25) is 0 Å². The summed E-state index contributed by atoms with van der Waals surface area (Å²) in [6.07, 6.45) is -0.164. The van der Waals surface area contributed by atoms with Gasteiger partial charge in [0.05, 0.1) is 24.9 Å². The molecule has 1 rings (SSSR count). The van der Waals surface area contributed by atoms with E-state index in [4.69, 9.17) is 27.4 Å². The second-order valence-corrected chi connectivity index (χ2v) is 3.72. The number of hydrogen-bond donors (Lipinski definition) is 1. The fraction of sp³-hybridized carbons (Fsp3) is 0.667. The van der Waals surface area contributed by atoms with Gasteiger partial charge in [0.1, 0.15) is 10.7 Å². The molecule has 16 heavy (non-hydrogen) atoms. The maximum atomic E-state index is 5.58. The van der Waals surface area contributed by atoms with Crippen LogP contribution in [-0.4, -0.2) is 40.8 Å². The molecule has 0 aromatic carbocycles. The Bertz CT molecular complexity index is 366. The van der Waals surface area contributed by atoms with E-state index in [1.165, 1.54) is 0 Å². The molecule has 1 unspecified atom stereocenters. The van der Waals surface area contributed by atoms with Crippen molar-refractivity contribution in [3.8, 4) is 0 Å². The van der Waals surface area contributed by atoms with Crippen molar-refractivity contribution in [1.82, 2.24) is 15.0 Å². The molecule has 0 aliphatic heterocycles. The van der Waals surface area contributed by atoms with E-state index >= 15 is 0 Å². The van der Waals surface area contributed by atoms with Gasteiger partial charge in [-0.25, -0.2) is 4.68 Å². The predicted molar refractivity (Wildman–Crippen MR) is 63.2 cm³/mol. The zero-order valence-corrected chi connectivity index (χ0v) is 10.5. The largest absolute Gasteiger partial charge is 0.388 e. The summed E-state index contributed by atoms with van der Waals surface area (Å²) in [4.78, 5) is 0.225. The fourth-order valence-corrected chi connectivity index (χ4v) is 1.50. The van der Waals surface area contributed by atoms with E-state index in [0.29, 0.717) is 18.8 Å². The molecular formula is C9H16N4O2S. The van der Waals surface area contributed by atoms with Crippen molar-refractivity contribution in [2.45, 2.75) is 19.6 Å². The molecule has 0 radical (unpaired) electrons. The van der Waals surface area contributed by atoms with Crippen LogP contribution in [0.2, 0.25) is 0 Å². The van der Waals surface area contributed by atoms with Crippen molar-refractivity contribution in [1.29, 1.82) is 0 Å². The minimum absolute atomic E-state index is 0.164. The SMILES string of the molecule is COCCn1nnc(C(N)=S)c1C(C)OC. The summed E-state index contributed by atoms with van der Waals surface area (Å²) in [7, 11) is 3.24. The van der Waals surface area contributed by atoms with Crippen molar-refractivity contribution in [2.75, 3.05) is 20.8 Å². The van der Waals surface area contributed by atoms with Gasteiger partial charge in [-0.1, -0.05) is 17.4 Å². The monoisotopic (exact) mass is 244 g/mol. The van der Waals surface area contributed by atoms with E-state index in [1.54, 1.807) is 18.9 Å². The van der Waals surface area contributed by atoms with Crippen LogP contribution in [0, 0.1) is 0 Å². The van der Waals surface area contributed by atoms with E-state index < -0.39 is 0 Å². The molecule has 90 valence electrons. The molecule has 6 nitrogen and oxygen atoms in total. The molecule has 7 heteroatoms. The Labute approximate surface area is 99.7 Å². The van der Waals surface area contributed by atoms with Crippen molar-refractivity contribution < 1.29 is 9.47 Å². The average molecular weight is 244 g/mol. The molecule has 0 spiro atoms. The zero-order valence-electron chi connectivity index (χ0n) is 9.64. The first-order valence-corrected chi connectivity index (χ1v) is 5.27. The first-order valence-electron chi connectivity index (χ1n) is 4.86. The number of ether oxygens (including phenoxy) is 2. The molecule has 1 aromatic heterocycles. The van der Waals surface area contributed by atoms with Crippen molar-refractivity contribution >= 4 is 17.2 Å². The van der Waals surface area contributed by atoms with Gasteiger partial charge in [-0.15, -0.1) is 5.10 Å². The highest BCUT2D eigenvalue weighted by atomic mass is 32.1. The Morgan fingerprint density at radius 2 is 2.25 bits per heavy atom. The fourth-order valence-electron chi connectivity index (χ4n) is 1.35. The Balaban J connectivity index is 3.04. The molecule has 0 aliphatic rings. The van der Waals surface area contributed by atoms with Crippen LogP contribution < -0.4 is 5.73 Å². The van der Waals surface area contributed by atoms with Crippen molar-refractivity contribution in [3.63, 3.8) is 0 Å². The first-order chi connectivity index (χ1) is 7.61. The van der Waals surface area contributed by atoms with Crippen molar-refractivity contribution in [2.24, 2.45) is 5.73 Å². The third-order valence-corrected chi connectivity index (χ3v) is 2.45. The number of aromatic nitrogens is 3. The van der Waals surface area contributed by atoms with Gasteiger partial charge >= 0.3 is 0 Å². The molecule has 0 aliphatic carbocycles. The van der Waals surface area contributed by atoms with Gasteiger partial charge < -0.3 is 15.2 Å². The van der Waals surface area contributed by atoms with Gasteiger partial charge in [-0.2, -0.15) is 0 Å². The van der Waals surface area contributed by atoms with Crippen molar-refractivity contribution in [3.05, 3.63) is 11.4 Å². The topological polar surface area (TPSA) is 75.2 Å². The summed E-state index contributed by atoms with van der Waals surface area (Å²) in [6.45, 7) is 3.03. The molecule has 0 saturated carbocycles. The first kappa shape index (κ1) is 13.0. The highest BCUT2D eigenvalue weighted by Gasteiger charge is 2.20. The smallest absolute Gasteiger partial charge is 0.145 e. The quantitative estimate of drug-likeness (QED) is 0.724. The number of thiocarbonyl (C=S) groups is 1. The van der Waals surface area contributed by atoms with Crippen LogP contribution in [0.15, 0.2) is 0 Å². The van der Waals surface area contributed by atoms with Crippen LogP contribution >= 0.6 is 12.2 Å². The van der Waals surface area contributed by atoms with E-state index in [2.05, 4.69) is 10.3 Å². The van der Waals surface area contributed by atoms with Crippen LogP contribution in [0.1, 0.15) is 24.4 Å². The van der Waals surface area contributed by atoms with E-state index in [1.807, 2.05) is 6.92 Å². The Morgan fingerprint density at radius 1 is 1.56 bits per heavy atom. The van der Waals surface area contributed by atoms with E-state index in [0.717, 1.165) is 5.69 Å². The zero-order chi connectivity index (χ0) is 12.1. The minimum atomic E-state index is -0.164. The molecule has 0 fully saturated rings. The molecule has 1 atom stereocenters. The van der Waals surface area contributed by atoms with Gasteiger partial charge in [0, 0.05) is 14.2 Å². The maximum Gasteiger partial charge on any atom is 0.145 e. The summed E-state index contributed by atoms with van der Waals surface area (Å²) in [5.74, 6) is 0. The van der Waals surface area contributed by atoms with Crippen LogP contribution in [0.5, 0.6) is 0 Å². The summed E-state index contributed by atoms with van der Waals surface area (Å²) in [5.41, 5.74) is 6.88. The third kappa shape index (κ3) is 2.75. The second kappa shape index (κ2) is 5.88. The number of nitrogens with zero attached hydrogens (tertiary/aromatic N) is 3. The number of methoxy groups -OCH3 is 2. The maximum absolute atomic E-state index is 5.58. The molecule has 2 N–H and O–H groups in total. The molecule has 0 bridgehead atoms. The van der Waals surface area contributed by atoms with Crippen LogP contribution in [0.4, 0.5) is 0 Å². The summed E-state index contributed by atoms with van der Waals surface area (Å²) < 4.78 is 11.9. The summed E-state index contributed by atoms with van der Waals surface area (Å²) in [6, 6.07) is 0. The number of rotatable bonds is 6. The molecular weight excluding hydrogens is 228 g/mol.